The van der Waals surface area contributed by atoms with Gasteiger partial charge < -0.3 is 5.32 Å². The zero-order valence-electron chi connectivity index (χ0n) is 20.0. The van der Waals surface area contributed by atoms with Gasteiger partial charge in [-0.05, 0) is 65.4 Å². The van der Waals surface area contributed by atoms with E-state index in [0.717, 1.165) is 12.0 Å². The number of rotatable bonds is 9. The molecule has 180 valence electrons. The van der Waals surface area contributed by atoms with E-state index in [1.54, 1.807) is 48.5 Å². The number of hydrogen-bond donors (Lipinski definition) is 1. The molecule has 4 aromatic carbocycles. The number of fused-ring (bicyclic) bond motifs is 1. The fraction of sp³-hybridized carbons (Fsp3) is 0.207. The van der Waals surface area contributed by atoms with E-state index in [0.29, 0.717) is 12.2 Å². The van der Waals surface area contributed by atoms with Gasteiger partial charge in [-0.2, -0.15) is 0 Å². The van der Waals surface area contributed by atoms with Crippen molar-refractivity contribution in [2.45, 2.75) is 25.2 Å². The zero-order valence-corrected chi connectivity index (χ0v) is 20.8. The molecule has 4 rings (SSSR count). The van der Waals surface area contributed by atoms with Crippen LogP contribution in [0.15, 0.2) is 102 Å². The Morgan fingerprint density at radius 3 is 2.34 bits per heavy atom. The van der Waals surface area contributed by atoms with Crippen molar-refractivity contribution < 1.29 is 13.2 Å². The molecule has 1 amide bonds. The van der Waals surface area contributed by atoms with Gasteiger partial charge in [-0.15, -0.1) is 0 Å². The zero-order chi connectivity index (χ0) is 24.8. The first-order chi connectivity index (χ1) is 16.8. The van der Waals surface area contributed by atoms with Crippen molar-refractivity contribution in [1.82, 2.24) is 5.32 Å². The van der Waals surface area contributed by atoms with Gasteiger partial charge >= 0.3 is 0 Å². The molecule has 4 aromatic rings. The molecule has 0 spiro atoms. The molecule has 0 saturated heterocycles. The lowest BCUT2D eigenvalue weighted by atomic mass is 9.96. The number of nitrogens with zero attached hydrogens (tertiary/aromatic N) is 1. The van der Waals surface area contributed by atoms with Gasteiger partial charge in [0.15, 0.2) is 0 Å². The lowest BCUT2D eigenvalue weighted by Crippen LogP contribution is -2.42. The highest BCUT2D eigenvalue weighted by molar-refractivity contribution is 7.92. The average Bonchev–Trinajstić information content (AvgIpc) is 2.87. The van der Waals surface area contributed by atoms with Crippen molar-refractivity contribution in [3.05, 3.63) is 108 Å². The second-order valence-electron chi connectivity index (χ2n) is 8.92. The number of anilines is 1. The minimum Gasteiger partial charge on any atom is -0.354 e. The summed E-state index contributed by atoms with van der Waals surface area (Å²) in [6.07, 6.45) is 0.811. The molecule has 0 aliphatic carbocycles. The van der Waals surface area contributed by atoms with Crippen LogP contribution in [0, 0.1) is 12.8 Å². The Kier molecular flexibility index (Phi) is 7.51. The number of carbonyl (C=O) groups excluding carboxylic acids is 1. The van der Waals surface area contributed by atoms with E-state index in [-0.39, 0.29) is 23.3 Å². The second-order valence-corrected chi connectivity index (χ2v) is 10.8. The maximum absolute atomic E-state index is 13.4. The maximum Gasteiger partial charge on any atom is 0.264 e. The van der Waals surface area contributed by atoms with Crippen LogP contribution in [0.4, 0.5) is 5.69 Å². The third kappa shape index (κ3) is 5.89. The van der Waals surface area contributed by atoms with Crippen molar-refractivity contribution in [3.8, 4) is 0 Å². The summed E-state index contributed by atoms with van der Waals surface area (Å²) in [5.74, 6) is -0.154. The topological polar surface area (TPSA) is 66.5 Å². The summed E-state index contributed by atoms with van der Waals surface area (Å²) in [5, 5.41) is 5.36. The second kappa shape index (κ2) is 10.7. The molecule has 0 aliphatic rings. The molecule has 0 bridgehead atoms. The van der Waals surface area contributed by atoms with Crippen LogP contribution in [0.5, 0.6) is 0 Å². The first kappa shape index (κ1) is 24.5. The number of hydrogen-bond acceptors (Lipinski definition) is 3. The van der Waals surface area contributed by atoms with Gasteiger partial charge in [0.1, 0.15) is 6.54 Å². The lowest BCUT2D eigenvalue weighted by Gasteiger charge is -2.25. The Morgan fingerprint density at radius 1 is 0.886 bits per heavy atom. The Hall–Kier alpha value is -3.64. The van der Waals surface area contributed by atoms with Crippen LogP contribution in [0.2, 0.25) is 0 Å². The van der Waals surface area contributed by atoms with Crippen molar-refractivity contribution >= 4 is 32.4 Å². The SMILES string of the molecule is Cc1cccc(N(CC(=O)NCC(C)Cc2cccc3ccccc23)S(=O)(=O)c2ccccc2)c1. The predicted molar refractivity (Wildman–Crippen MR) is 142 cm³/mol. The monoisotopic (exact) mass is 486 g/mol. The lowest BCUT2D eigenvalue weighted by molar-refractivity contribution is -0.119. The number of sulfonamides is 1. The van der Waals surface area contributed by atoms with Crippen molar-refractivity contribution in [3.63, 3.8) is 0 Å². The molecule has 5 nitrogen and oxygen atoms in total. The van der Waals surface area contributed by atoms with E-state index in [1.807, 2.05) is 25.1 Å². The summed E-state index contributed by atoms with van der Waals surface area (Å²) < 4.78 is 28.0. The number of nitrogens with one attached hydrogen (secondary N) is 1. The van der Waals surface area contributed by atoms with Crippen molar-refractivity contribution in [2.24, 2.45) is 5.92 Å². The largest absolute Gasteiger partial charge is 0.354 e. The van der Waals surface area contributed by atoms with Crippen molar-refractivity contribution in [2.75, 3.05) is 17.4 Å². The van der Waals surface area contributed by atoms with Crippen LogP contribution in [-0.2, 0) is 21.2 Å². The summed E-state index contributed by atoms with van der Waals surface area (Å²) in [6.45, 7) is 4.14. The fourth-order valence-corrected chi connectivity index (χ4v) is 5.64. The molecule has 1 N–H and O–H groups in total. The molecule has 1 atom stereocenters. The van der Waals surface area contributed by atoms with Crippen LogP contribution in [0.1, 0.15) is 18.1 Å². The van der Waals surface area contributed by atoms with E-state index in [2.05, 4.69) is 42.6 Å². The van der Waals surface area contributed by atoms with E-state index in [1.165, 1.54) is 20.6 Å². The van der Waals surface area contributed by atoms with Gasteiger partial charge in [0.05, 0.1) is 10.6 Å². The number of benzene rings is 4. The molecule has 0 saturated carbocycles. The van der Waals surface area contributed by atoms with E-state index < -0.39 is 10.0 Å². The number of amides is 1. The van der Waals surface area contributed by atoms with Gasteiger partial charge in [-0.3, -0.25) is 9.10 Å². The molecule has 0 aromatic heterocycles. The fourth-order valence-electron chi connectivity index (χ4n) is 4.21. The molecule has 1 unspecified atom stereocenters. The Labute approximate surface area is 207 Å². The van der Waals surface area contributed by atoms with Crippen LogP contribution in [-0.4, -0.2) is 27.4 Å². The van der Waals surface area contributed by atoms with E-state index >= 15 is 0 Å². The molecular formula is C29H30N2O3S. The number of carbonyl (C=O) groups is 1. The summed E-state index contributed by atoms with van der Waals surface area (Å²) in [5.41, 5.74) is 2.62. The highest BCUT2D eigenvalue weighted by Crippen LogP contribution is 2.24. The normalized spacial score (nSPS) is 12.3. The maximum atomic E-state index is 13.4. The summed E-state index contributed by atoms with van der Waals surface area (Å²) in [7, 11) is -3.90. The van der Waals surface area contributed by atoms with Gasteiger partial charge in [-0.1, -0.05) is 79.7 Å². The van der Waals surface area contributed by atoms with Crippen LogP contribution in [0.25, 0.3) is 10.8 Å². The van der Waals surface area contributed by atoms with E-state index in [4.69, 9.17) is 0 Å². The van der Waals surface area contributed by atoms with Gasteiger partial charge in [-0.25, -0.2) is 8.42 Å². The molecule has 35 heavy (non-hydrogen) atoms. The van der Waals surface area contributed by atoms with E-state index in [9.17, 15) is 13.2 Å². The van der Waals surface area contributed by atoms with Crippen LogP contribution >= 0.6 is 0 Å². The minimum absolute atomic E-state index is 0.152. The Morgan fingerprint density at radius 2 is 1.57 bits per heavy atom. The average molecular weight is 487 g/mol. The predicted octanol–water partition coefficient (Wildman–Crippen LogP) is 5.34. The molecule has 0 radical (unpaired) electrons. The van der Waals surface area contributed by atoms with Crippen molar-refractivity contribution in [1.29, 1.82) is 0 Å². The van der Waals surface area contributed by atoms with Gasteiger partial charge in [0, 0.05) is 6.54 Å². The molecule has 0 fully saturated rings. The smallest absolute Gasteiger partial charge is 0.264 e. The van der Waals surface area contributed by atoms with Crippen LogP contribution < -0.4 is 9.62 Å². The summed E-state index contributed by atoms with van der Waals surface area (Å²) >= 11 is 0. The third-order valence-electron chi connectivity index (χ3n) is 6.00. The number of aryl methyl sites for hydroxylation is 1. The quantitative estimate of drug-likeness (QED) is 0.347. The Bertz CT molecular complexity index is 1410. The van der Waals surface area contributed by atoms with Gasteiger partial charge in [0.2, 0.25) is 5.91 Å². The van der Waals surface area contributed by atoms with Gasteiger partial charge in [0.25, 0.3) is 10.0 Å². The Balaban J connectivity index is 1.47. The minimum atomic E-state index is -3.90. The highest BCUT2D eigenvalue weighted by atomic mass is 32.2. The molecule has 0 heterocycles. The first-order valence-electron chi connectivity index (χ1n) is 11.7. The molecular weight excluding hydrogens is 456 g/mol. The highest BCUT2D eigenvalue weighted by Gasteiger charge is 2.27. The summed E-state index contributed by atoms with van der Waals surface area (Å²) in [4.78, 5) is 13.1. The molecule has 0 aliphatic heterocycles. The third-order valence-corrected chi connectivity index (χ3v) is 7.79. The summed E-state index contributed by atoms with van der Waals surface area (Å²) in [6, 6.07) is 29.9. The first-order valence-corrected chi connectivity index (χ1v) is 13.2. The standard InChI is InChI=1S/C29H30N2O3S/c1-22-10-8-14-26(19-22)31(35(33,34)27-15-4-3-5-16-27)21-29(32)30-20-23(2)18-25-13-9-12-24-11-6-7-17-28(24)25/h3-17,19,23H,18,20-21H2,1-2H3,(H,30,32). The molecule has 6 heteroatoms. The van der Waals surface area contributed by atoms with Crippen LogP contribution in [0.3, 0.4) is 0 Å².